The molecule has 2 aromatic heterocycles. The molecule has 16 heavy (non-hydrogen) atoms. The Bertz CT molecular complexity index is 499. The maximum absolute atomic E-state index is 5.32. The summed E-state index contributed by atoms with van der Waals surface area (Å²) in [5.41, 5.74) is 2.43. The smallest absolute Gasteiger partial charge is 0.207 e. The molecule has 0 fully saturated rings. The van der Waals surface area contributed by atoms with E-state index < -0.39 is 0 Å². The molecule has 0 aromatic carbocycles. The van der Waals surface area contributed by atoms with E-state index in [1.807, 2.05) is 0 Å². The third kappa shape index (κ3) is 1.84. The van der Waals surface area contributed by atoms with Crippen molar-refractivity contribution >= 4 is 21.7 Å². The van der Waals surface area contributed by atoms with Gasteiger partial charge >= 0.3 is 0 Å². The van der Waals surface area contributed by atoms with Crippen molar-refractivity contribution in [2.24, 2.45) is 5.84 Å². The summed E-state index contributed by atoms with van der Waals surface area (Å²) in [4.78, 5) is 8.03. The van der Waals surface area contributed by atoms with E-state index in [1.165, 1.54) is 13.4 Å². The van der Waals surface area contributed by atoms with E-state index in [4.69, 9.17) is 10.6 Å². The van der Waals surface area contributed by atoms with Gasteiger partial charge in [-0.3, -0.25) is 0 Å². The number of hydrogen-bond donors (Lipinski definition) is 2. The minimum Gasteiger partial charge on any atom is -0.490 e. The van der Waals surface area contributed by atoms with Gasteiger partial charge in [0.25, 0.3) is 0 Å². The van der Waals surface area contributed by atoms with E-state index in [0.717, 1.165) is 4.47 Å². The Labute approximate surface area is 99.7 Å². The monoisotopic (exact) mass is 284 g/mol. The van der Waals surface area contributed by atoms with Gasteiger partial charge in [0.2, 0.25) is 11.6 Å². The van der Waals surface area contributed by atoms with Crippen molar-refractivity contribution in [1.29, 1.82) is 0 Å². The molecular weight excluding hydrogens is 276 g/mol. The molecule has 2 heterocycles. The minimum atomic E-state index is 0.402. The highest BCUT2D eigenvalue weighted by Crippen LogP contribution is 2.26. The van der Waals surface area contributed by atoms with Crippen molar-refractivity contribution in [2.75, 3.05) is 12.5 Å². The van der Waals surface area contributed by atoms with Gasteiger partial charge in [-0.1, -0.05) is 0 Å². The number of nitrogens with zero attached hydrogens (tertiary/aromatic N) is 4. The van der Waals surface area contributed by atoms with Gasteiger partial charge in [0.15, 0.2) is 5.82 Å². The first-order valence-electron chi connectivity index (χ1n) is 4.32. The number of nitrogen functional groups attached to an aromatic ring is 1. The molecule has 0 bridgehead atoms. The van der Waals surface area contributed by atoms with E-state index in [1.54, 1.807) is 17.1 Å². The van der Waals surface area contributed by atoms with Gasteiger partial charge in [0, 0.05) is 6.20 Å². The number of nitrogens with two attached hydrogens (primary N) is 1. The molecule has 0 radical (unpaired) electrons. The first-order valence-corrected chi connectivity index (χ1v) is 5.11. The van der Waals surface area contributed by atoms with Crippen LogP contribution in [-0.4, -0.2) is 26.9 Å². The van der Waals surface area contributed by atoms with Crippen LogP contribution in [0.15, 0.2) is 23.2 Å². The Morgan fingerprint density at radius 3 is 2.88 bits per heavy atom. The summed E-state index contributed by atoms with van der Waals surface area (Å²) in [5.74, 6) is 6.66. The lowest BCUT2D eigenvalue weighted by Gasteiger charge is -2.10. The summed E-state index contributed by atoms with van der Waals surface area (Å²) in [6, 6.07) is 0. The van der Waals surface area contributed by atoms with Gasteiger partial charge in [-0.05, 0) is 15.9 Å². The largest absolute Gasteiger partial charge is 0.490 e. The molecule has 0 amide bonds. The third-order valence-corrected chi connectivity index (χ3v) is 2.30. The molecule has 0 saturated carbocycles. The highest BCUT2D eigenvalue weighted by molar-refractivity contribution is 9.10. The van der Waals surface area contributed by atoms with Crippen LogP contribution in [0.4, 0.5) is 5.82 Å². The minimum absolute atomic E-state index is 0.402. The topological polar surface area (TPSA) is 90.9 Å². The second kappa shape index (κ2) is 4.45. The van der Waals surface area contributed by atoms with Crippen molar-refractivity contribution in [3.05, 3.63) is 23.2 Å². The summed E-state index contributed by atoms with van der Waals surface area (Å²) in [5, 5.41) is 4.10. The number of aromatic nitrogens is 4. The molecule has 0 saturated heterocycles. The van der Waals surface area contributed by atoms with Gasteiger partial charge in [-0.25, -0.2) is 20.5 Å². The van der Waals surface area contributed by atoms with E-state index in [2.05, 4.69) is 36.4 Å². The summed E-state index contributed by atoms with van der Waals surface area (Å²) < 4.78 is 7.59. The van der Waals surface area contributed by atoms with Crippen molar-refractivity contribution < 1.29 is 4.74 Å². The molecule has 0 atom stereocenters. The lowest BCUT2D eigenvalue weighted by Crippen LogP contribution is -2.12. The van der Waals surface area contributed by atoms with Crippen LogP contribution in [0.2, 0.25) is 0 Å². The predicted octanol–water partition coefficient (Wildman–Crippen LogP) is 0.719. The predicted molar refractivity (Wildman–Crippen MR) is 61.2 cm³/mol. The number of ether oxygens (including phenoxy) is 1. The highest BCUT2D eigenvalue weighted by Gasteiger charge is 2.13. The van der Waals surface area contributed by atoms with Gasteiger partial charge in [-0.15, -0.1) is 0 Å². The normalized spacial score (nSPS) is 10.2. The van der Waals surface area contributed by atoms with Crippen molar-refractivity contribution in [3.63, 3.8) is 0 Å². The zero-order valence-corrected chi connectivity index (χ0v) is 9.97. The number of hydrazine groups is 1. The summed E-state index contributed by atoms with van der Waals surface area (Å²) in [6.45, 7) is 0. The molecule has 0 aliphatic rings. The van der Waals surface area contributed by atoms with Gasteiger partial charge < -0.3 is 10.2 Å². The number of rotatable bonds is 3. The van der Waals surface area contributed by atoms with Crippen LogP contribution in [0, 0.1) is 0 Å². The first kappa shape index (κ1) is 10.8. The van der Waals surface area contributed by atoms with E-state index in [0.29, 0.717) is 17.4 Å². The van der Waals surface area contributed by atoms with E-state index >= 15 is 0 Å². The highest BCUT2D eigenvalue weighted by atomic mass is 79.9. The van der Waals surface area contributed by atoms with Gasteiger partial charge in [0.05, 0.1) is 17.8 Å². The Hall–Kier alpha value is -1.67. The van der Waals surface area contributed by atoms with Crippen LogP contribution in [0.1, 0.15) is 0 Å². The Morgan fingerprint density at radius 1 is 1.50 bits per heavy atom. The average Bonchev–Trinajstić information content (AvgIpc) is 2.74. The zero-order chi connectivity index (χ0) is 11.5. The first-order chi connectivity index (χ1) is 7.76. The van der Waals surface area contributed by atoms with Gasteiger partial charge in [-0.2, -0.15) is 5.10 Å². The molecule has 8 heteroatoms. The quantitative estimate of drug-likeness (QED) is 0.638. The fourth-order valence-electron chi connectivity index (χ4n) is 1.24. The average molecular weight is 285 g/mol. The van der Waals surface area contributed by atoms with Crippen LogP contribution in [0.25, 0.3) is 5.82 Å². The number of anilines is 1. The zero-order valence-electron chi connectivity index (χ0n) is 8.38. The Kier molecular flexibility index (Phi) is 3.02. The van der Waals surface area contributed by atoms with E-state index in [9.17, 15) is 0 Å². The molecule has 2 aromatic rings. The number of nitrogens with one attached hydrogen (secondary N) is 1. The number of hydrogen-bond acceptors (Lipinski definition) is 6. The second-order valence-corrected chi connectivity index (χ2v) is 3.74. The molecule has 0 aliphatic carbocycles. The molecule has 84 valence electrons. The summed E-state index contributed by atoms with van der Waals surface area (Å²) >= 11 is 3.30. The molecule has 3 N–H and O–H groups in total. The fourth-order valence-corrected chi connectivity index (χ4v) is 1.52. The second-order valence-electron chi connectivity index (χ2n) is 2.83. The maximum Gasteiger partial charge on any atom is 0.207 e. The maximum atomic E-state index is 5.32. The molecular formula is C8H9BrN6O. The molecule has 2 rings (SSSR count). The summed E-state index contributed by atoms with van der Waals surface area (Å²) in [7, 11) is 1.52. The van der Waals surface area contributed by atoms with Crippen molar-refractivity contribution in [3.8, 4) is 11.6 Å². The van der Waals surface area contributed by atoms with Crippen LogP contribution < -0.4 is 16.0 Å². The standard InChI is InChI=1S/C8H9BrN6O/c1-16-6-7(14-10)11-4-12-8(6)15-3-5(9)2-13-15/h2-4H,10H2,1H3,(H,11,12,14). The lowest BCUT2D eigenvalue weighted by atomic mass is 10.4. The van der Waals surface area contributed by atoms with Crippen molar-refractivity contribution in [1.82, 2.24) is 19.7 Å². The Morgan fingerprint density at radius 2 is 2.31 bits per heavy atom. The number of halogens is 1. The number of methoxy groups -OCH3 is 1. The lowest BCUT2D eigenvalue weighted by molar-refractivity contribution is 0.409. The third-order valence-electron chi connectivity index (χ3n) is 1.89. The van der Waals surface area contributed by atoms with Crippen LogP contribution >= 0.6 is 15.9 Å². The fraction of sp³-hybridized carbons (Fsp3) is 0.125. The van der Waals surface area contributed by atoms with E-state index in [-0.39, 0.29) is 0 Å². The summed E-state index contributed by atoms with van der Waals surface area (Å²) in [6.07, 6.45) is 4.78. The van der Waals surface area contributed by atoms with Crippen LogP contribution in [-0.2, 0) is 0 Å². The SMILES string of the molecule is COc1c(NN)ncnc1-n1cc(Br)cn1. The Balaban J connectivity index is 2.56. The van der Waals surface area contributed by atoms with Crippen LogP contribution in [0.5, 0.6) is 5.75 Å². The van der Waals surface area contributed by atoms with Crippen LogP contribution in [0.3, 0.4) is 0 Å². The van der Waals surface area contributed by atoms with Gasteiger partial charge in [0.1, 0.15) is 6.33 Å². The molecule has 0 spiro atoms. The molecule has 0 aliphatic heterocycles. The van der Waals surface area contributed by atoms with Crippen molar-refractivity contribution in [2.45, 2.75) is 0 Å². The molecule has 7 nitrogen and oxygen atoms in total. The molecule has 0 unspecified atom stereocenters.